The smallest absolute Gasteiger partial charge is 0.270 e. The van der Waals surface area contributed by atoms with Crippen molar-refractivity contribution < 1.29 is 4.79 Å². The Kier molecular flexibility index (Phi) is 5.51. The summed E-state index contributed by atoms with van der Waals surface area (Å²) in [6.07, 6.45) is 9.99. The average molecular weight is 365 g/mol. The number of hydrogen-bond acceptors (Lipinski definition) is 5. The second-order valence-electron chi connectivity index (χ2n) is 7.44. The van der Waals surface area contributed by atoms with Gasteiger partial charge in [0.25, 0.3) is 5.91 Å². The number of piperidine rings is 1. The minimum absolute atomic E-state index is 0.118. The molecule has 6 heteroatoms. The maximum Gasteiger partial charge on any atom is 0.270 e. The molecule has 1 aromatic heterocycles. The van der Waals surface area contributed by atoms with Crippen LogP contribution in [0.25, 0.3) is 0 Å². The normalized spacial score (nSPS) is 17.7. The first-order valence-electron chi connectivity index (χ1n) is 10.0. The Morgan fingerprint density at radius 2 is 1.70 bits per heavy atom. The maximum absolute atomic E-state index is 12.4. The van der Waals surface area contributed by atoms with Gasteiger partial charge in [0, 0.05) is 36.7 Å². The highest BCUT2D eigenvalue weighted by molar-refractivity contribution is 5.92. The molecule has 2 heterocycles. The lowest BCUT2D eigenvalue weighted by atomic mass is 10.1. The largest absolute Gasteiger partial charge is 0.372 e. The van der Waals surface area contributed by atoms with E-state index in [4.69, 9.17) is 0 Å². The molecule has 142 valence electrons. The predicted molar refractivity (Wildman–Crippen MR) is 108 cm³/mol. The summed E-state index contributed by atoms with van der Waals surface area (Å²) in [6, 6.07) is 10.3. The number of carbonyl (C=O) groups excluding carboxylic acids is 1. The number of hydrogen-bond donors (Lipinski definition) is 2. The van der Waals surface area contributed by atoms with Crippen LogP contribution in [0.4, 0.5) is 17.3 Å². The Balaban J connectivity index is 1.39. The summed E-state index contributed by atoms with van der Waals surface area (Å²) in [6.45, 7) is 2.27. The molecule has 2 N–H and O–H groups in total. The molecule has 4 rings (SSSR count). The van der Waals surface area contributed by atoms with Crippen molar-refractivity contribution in [1.29, 1.82) is 0 Å². The average Bonchev–Trinajstić information content (AvgIpc) is 3.22. The fourth-order valence-corrected chi connectivity index (χ4v) is 3.91. The van der Waals surface area contributed by atoms with E-state index in [1.807, 2.05) is 12.1 Å². The van der Waals surface area contributed by atoms with Gasteiger partial charge < -0.3 is 15.5 Å². The van der Waals surface area contributed by atoms with Crippen LogP contribution in [0.3, 0.4) is 0 Å². The molecular weight excluding hydrogens is 338 g/mol. The fraction of sp³-hybridized carbons (Fsp3) is 0.476. The lowest BCUT2D eigenvalue weighted by Gasteiger charge is -2.28. The van der Waals surface area contributed by atoms with Crippen molar-refractivity contribution >= 4 is 23.2 Å². The quantitative estimate of drug-likeness (QED) is 0.841. The second kappa shape index (κ2) is 8.37. The van der Waals surface area contributed by atoms with Crippen LogP contribution in [0, 0.1) is 0 Å². The van der Waals surface area contributed by atoms with Crippen LogP contribution in [0.15, 0.2) is 36.5 Å². The molecule has 1 saturated heterocycles. The molecule has 2 fully saturated rings. The third-order valence-electron chi connectivity index (χ3n) is 5.42. The molecule has 2 aliphatic rings. The standard InChI is InChI=1S/C21H27N5O/c27-20(23-16-6-2-3-7-16)19-12-13-22-21(25-19)24-17-8-10-18(11-9-17)26-14-4-1-5-15-26/h8-13,16H,1-7,14-15H2,(H,23,27)(H,22,24,25). The van der Waals surface area contributed by atoms with E-state index in [1.54, 1.807) is 12.3 Å². The summed E-state index contributed by atoms with van der Waals surface area (Å²) in [4.78, 5) is 23.4. The fourth-order valence-electron chi connectivity index (χ4n) is 3.91. The van der Waals surface area contributed by atoms with Gasteiger partial charge in [0.05, 0.1) is 0 Å². The molecule has 6 nitrogen and oxygen atoms in total. The van der Waals surface area contributed by atoms with Crippen molar-refractivity contribution in [3.63, 3.8) is 0 Å². The topological polar surface area (TPSA) is 70.2 Å². The van der Waals surface area contributed by atoms with Gasteiger partial charge in [-0.2, -0.15) is 0 Å². The molecule has 1 saturated carbocycles. The van der Waals surface area contributed by atoms with Gasteiger partial charge in [-0.1, -0.05) is 12.8 Å². The van der Waals surface area contributed by atoms with Crippen molar-refractivity contribution in [2.24, 2.45) is 0 Å². The summed E-state index contributed by atoms with van der Waals surface area (Å²) in [7, 11) is 0. The van der Waals surface area contributed by atoms with Gasteiger partial charge in [0.2, 0.25) is 5.95 Å². The van der Waals surface area contributed by atoms with Crippen LogP contribution in [0.2, 0.25) is 0 Å². The van der Waals surface area contributed by atoms with Crippen molar-refractivity contribution in [2.75, 3.05) is 23.3 Å². The van der Waals surface area contributed by atoms with Crippen LogP contribution in [0.5, 0.6) is 0 Å². The van der Waals surface area contributed by atoms with Gasteiger partial charge >= 0.3 is 0 Å². The molecule has 1 aromatic carbocycles. The minimum Gasteiger partial charge on any atom is -0.372 e. The third-order valence-corrected chi connectivity index (χ3v) is 5.42. The first-order valence-corrected chi connectivity index (χ1v) is 10.0. The zero-order valence-electron chi connectivity index (χ0n) is 15.7. The third kappa shape index (κ3) is 4.56. The van der Waals surface area contributed by atoms with Gasteiger partial charge in [0.15, 0.2) is 0 Å². The first-order chi connectivity index (χ1) is 13.3. The molecule has 0 spiro atoms. The number of carbonyl (C=O) groups is 1. The van der Waals surface area contributed by atoms with Crippen molar-refractivity contribution in [3.05, 3.63) is 42.2 Å². The molecular formula is C21H27N5O. The Hall–Kier alpha value is -2.63. The highest BCUT2D eigenvalue weighted by Crippen LogP contribution is 2.23. The minimum atomic E-state index is -0.118. The van der Waals surface area contributed by atoms with Gasteiger partial charge in [0.1, 0.15) is 5.69 Å². The molecule has 2 aromatic rings. The van der Waals surface area contributed by atoms with Crippen LogP contribution in [-0.2, 0) is 0 Å². The van der Waals surface area contributed by atoms with Crippen molar-refractivity contribution in [1.82, 2.24) is 15.3 Å². The molecule has 0 bridgehead atoms. The van der Waals surface area contributed by atoms with Gasteiger partial charge in [-0.25, -0.2) is 9.97 Å². The number of aromatic nitrogens is 2. The van der Waals surface area contributed by atoms with Crippen molar-refractivity contribution in [2.45, 2.75) is 51.0 Å². The Labute approximate surface area is 160 Å². The summed E-state index contributed by atoms with van der Waals surface area (Å²) in [5.74, 6) is 0.326. The number of nitrogens with zero attached hydrogens (tertiary/aromatic N) is 3. The van der Waals surface area contributed by atoms with E-state index in [9.17, 15) is 4.79 Å². The number of amides is 1. The summed E-state index contributed by atoms with van der Waals surface area (Å²) in [5, 5.41) is 6.27. The Morgan fingerprint density at radius 3 is 2.44 bits per heavy atom. The number of rotatable bonds is 5. The second-order valence-corrected chi connectivity index (χ2v) is 7.44. The van der Waals surface area contributed by atoms with Crippen LogP contribution in [-0.4, -0.2) is 35.0 Å². The van der Waals surface area contributed by atoms with Gasteiger partial charge in [-0.05, 0) is 62.4 Å². The lowest BCUT2D eigenvalue weighted by Crippen LogP contribution is -2.33. The van der Waals surface area contributed by atoms with Gasteiger partial charge in [-0.3, -0.25) is 4.79 Å². The number of anilines is 3. The Bertz CT molecular complexity index is 764. The molecule has 1 aliphatic carbocycles. The highest BCUT2D eigenvalue weighted by atomic mass is 16.1. The summed E-state index contributed by atoms with van der Waals surface area (Å²) >= 11 is 0. The van der Waals surface area contributed by atoms with Crippen LogP contribution < -0.4 is 15.5 Å². The lowest BCUT2D eigenvalue weighted by molar-refractivity contribution is 0.0933. The van der Waals surface area contributed by atoms with E-state index in [0.29, 0.717) is 11.6 Å². The molecule has 27 heavy (non-hydrogen) atoms. The van der Waals surface area contributed by atoms with Crippen LogP contribution >= 0.6 is 0 Å². The summed E-state index contributed by atoms with van der Waals surface area (Å²) < 4.78 is 0. The molecule has 1 aliphatic heterocycles. The monoisotopic (exact) mass is 365 g/mol. The van der Waals surface area contributed by atoms with E-state index < -0.39 is 0 Å². The number of benzene rings is 1. The molecule has 0 unspecified atom stereocenters. The van der Waals surface area contributed by atoms with E-state index in [-0.39, 0.29) is 11.9 Å². The first kappa shape index (κ1) is 17.8. The zero-order valence-corrected chi connectivity index (χ0v) is 15.7. The molecule has 0 radical (unpaired) electrons. The molecule has 0 atom stereocenters. The van der Waals surface area contributed by atoms with E-state index >= 15 is 0 Å². The van der Waals surface area contributed by atoms with Crippen molar-refractivity contribution in [3.8, 4) is 0 Å². The number of nitrogens with one attached hydrogen (secondary N) is 2. The van der Waals surface area contributed by atoms with E-state index in [0.717, 1.165) is 31.6 Å². The molecule has 1 amide bonds. The highest BCUT2D eigenvalue weighted by Gasteiger charge is 2.19. The predicted octanol–water partition coefficient (Wildman–Crippen LogP) is 3.88. The SMILES string of the molecule is O=C(NC1CCCC1)c1ccnc(Nc2ccc(N3CCCCC3)cc2)n1. The maximum atomic E-state index is 12.4. The van der Waals surface area contributed by atoms with E-state index in [1.165, 1.54) is 37.8 Å². The van der Waals surface area contributed by atoms with Crippen LogP contribution in [0.1, 0.15) is 55.4 Å². The zero-order chi connectivity index (χ0) is 18.5. The Morgan fingerprint density at radius 1 is 0.963 bits per heavy atom. The van der Waals surface area contributed by atoms with E-state index in [2.05, 4.69) is 37.6 Å². The van der Waals surface area contributed by atoms with Gasteiger partial charge in [-0.15, -0.1) is 0 Å². The summed E-state index contributed by atoms with van der Waals surface area (Å²) in [5.41, 5.74) is 2.58.